The Labute approximate surface area is 129 Å². The summed E-state index contributed by atoms with van der Waals surface area (Å²) < 4.78 is 29.1. The van der Waals surface area contributed by atoms with Gasteiger partial charge in [0.05, 0.1) is 0 Å². The first-order valence-electron chi connectivity index (χ1n) is 8.49. The van der Waals surface area contributed by atoms with Gasteiger partial charge in [-0.05, 0) is 37.5 Å². The van der Waals surface area contributed by atoms with Crippen LogP contribution in [0.2, 0.25) is 0 Å². The summed E-state index contributed by atoms with van der Waals surface area (Å²) in [6.07, 6.45) is 8.90. The van der Waals surface area contributed by atoms with E-state index in [1.165, 1.54) is 6.42 Å². The Kier molecular flexibility index (Phi) is 4.60. The minimum Gasteiger partial charge on any atom is -0.327 e. The molecule has 3 fully saturated rings. The van der Waals surface area contributed by atoms with Crippen molar-refractivity contribution in [1.82, 2.24) is 8.61 Å². The summed E-state index contributed by atoms with van der Waals surface area (Å²) in [5.41, 5.74) is 6.21. The van der Waals surface area contributed by atoms with Crippen molar-refractivity contribution in [3.05, 3.63) is 0 Å². The highest BCUT2D eigenvalue weighted by Crippen LogP contribution is 2.37. The predicted octanol–water partition coefficient (Wildman–Crippen LogP) is 1.55. The number of rotatable bonds is 3. The summed E-state index contributed by atoms with van der Waals surface area (Å²) in [6.45, 7) is 1.31. The standard InChI is InChI=1S/C15H29N3O2S/c1-17(13-7-3-2-4-8-13)21(19,20)18-10-12-6-5-9-15(16)14(12)11-18/h12-15H,2-11,16H2,1H3. The van der Waals surface area contributed by atoms with Crippen LogP contribution in [0.25, 0.3) is 0 Å². The molecule has 0 bridgehead atoms. The van der Waals surface area contributed by atoms with Crippen LogP contribution >= 0.6 is 0 Å². The van der Waals surface area contributed by atoms with E-state index in [-0.39, 0.29) is 12.1 Å². The topological polar surface area (TPSA) is 66.6 Å². The van der Waals surface area contributed by atoms with Crippen LogP contribution in [0.1, 0.15) is 51.4 Å². The number of nitrogens with two attached hydrogens (primary N) is 1. The van der Waals surface area contributed by atoms with Crippen molar-refractivity contribution in [2.45, 2.75) is 63.5 Å². The zero-order valence-corrected chi connectivity index (χ0v) is 13.9. The monoisotopic (exact) mass is 315 g/mol. The van der Waals surface area contributed by atoms with Gasteiger partial charge in [0.1, 0.15) is 0 Å². The van der Waals surface area contributed by atoms with Crippen molar-refractivity contribution in [1.29, 1.82) is 0 Å². The minimum atomic E-state index is -3.31. The lowest BCUT2D eigenvalue weighted by molar-refractivity contribution is 0.259. The second-order valence-electron chi connectivity index (χ2n) is 7.15. The van der Waals surface area contributed by atoms with Gasteiger partial charge in [-0.3, -0.25) is 0 Å². The average molecular weight is 315 g/mol. The van der Waals surface area contributed by atoms with Gasteiger partial charge in [-0.2, -0.15) is 17.0 Å². The lowest BCUT2D eigenvalue weighted by Gasteiger charge is -2.33. The molecule has 2 N–H and O–H groups in total. The quantitative estimate of drug-likeness (QED) is 0.859. The molecule has 6 heteroatoms. The molecule has 0 aromatic carbocycles. The Morgan fingerprint density at radius 1 is 1.00 bits per heavy atom. The Morgan fingerprint density at radius 2 is 1.71 bits per heavy atom. The molecule has 2 saturated carbocycles. The second-order valence-corrected chi connectivity index (χ2v) is 9.14. The largest absolute Gasteiger partial charge is 0.327 e. The van der Waals surface area contributed by atoms with Crippen LogP contribution in [0.5, 0.6) is 0 Å². The first-order chi connectivity index (χ1) is 10.00. The Morgan fingerprint density at radius 3 is 2.38 bits per heavy atom. The number of hydrogen-bond donors (Lipinski definition) is 1. The molecule has 0 spiro atoms. The van der Waals surface area contributed by atoms with Gasteiger partial charge in [0.15, 0.2) is 0 Å². The molecular formula is C15H29N3O2S. The molecule has 0 radical (unpaired) electrons. The molecule has 3 unspecified atom stereocenters. The van der Waals surface area contributed by atoms with Gasteiger partial charge in [0.2, 0.25) is 0 Å². The van der Waals surface area contributed by atoms with Gasteiger partial charge in [0.25, 0.3) is 10.2 Å². The van der Waals surface area contributed by atoms with Gasteiger partial charge in [-0.15, -0.1) is 0 Å². The van der Waals surface area contributed by atoms with Crippen molar-refractivity contribution in [2.75, 3.05) is 20.1 Å². The van der Waals surface area contributed by atoms with Crippen molar-refractivity contribution in [3.8, 4) is 0 Å². The van der Waals surface area contributed by atoms with Crippen LogP contribution in [0.4, 0.5) is 0 Å². The molecule has 3 aliphatic rings. The number of fused-ring (bicyclic) bond motifs is 1. The third-order valence-electron chi connectivity index (χ3n) is 5.90. The van der Waals surface area contributed by atoms with E-state index in [2.05, 4.69) is 0 Å². The molecule has 1 saturated heterocycles. The molecule has 1 heterocycles. The van der Waals surface area contributed by atoms with Crippen molar-refractivity contribution >= 4 is 10.2 Å². The Balaban J connectivity index is 1.70. The molecule has 1 aliphatic heterocycles. The molecule has 5 nitrogen and oxygen atoms in total. The molecule has 0 aromatic rings. The minimum absolute atomic E-state index is 0.184. The normalized spacial score (nSPS) is 36.0. The van der Waals surface area contributed by atoms with Gasteiger partial charge < -0.3 is 5.73 Å². The zero-order valence-electron chi connectivity index (χ0n) is 13.1. The van der Waals surface area contributed by atoms with E-state index >= 15 is 0 Å². The molecule has 3 rings (SSSR count). The molecule has 21 heavy (non-hydrogen) atoms. The van der Waals surface area contributed by atoms with Crippen molar-refractivity contribution < 1.29 is 8.42 Å². The van der Waals surface area contributed by atoms with Gasteiger partial charge in [0, 0.05) is 32.2 Å². The van der Waals surface area contributed by atoms with Crippen LogP contribution in [0.15, 0.2) is 0 Å². The summed E-state index contributed by atoms with van der Waals surface area (Å²) >= 11 is 0. The van der Waals surface area contributed by atoms with E-state index in [1.54, 1.807) is 15.7 Å². The maximum absolute atomic E-state index is 12.9. The lowest BCUT2D eigenvalue weighted by Crippen LogP contribution is -2.46. The third-order valence-corrected chi connectivity index (χ3v) is 7.88. The summed E-state index contributed by atoms with van der Waals surface area (Å²) in [6, 6.07) is 0.379. The zero-order chi connectivity index (χ0) is 15.0. The molecular weight excluding hydrogens is 286 g/mol. The lowest BCUT2D eigenvalue weighted by atomic mass is 9.78. The summed E-state index contributed by atoms with van der Waals surface area (Å²) in [4.78, 5) is 0. The van der Waals surface area contributed by atoms with E-state index in [4.69, 9.17) is 5.73 Å². The maximum atomic E-state index is 12.9. The molecule has 3 atom stereocenters. The third kappa shape index (κ3) is 3.00. The molecule has 0 aromatic heterocycles. The van der Waals surface area contributed by atoms with Crippen LogP contribution in [0.3, 0.4) is 0 Å². The highest BCUT2D eigenvalue weighted by molar-refractivity contribution is 7.86. The predicted molar refractivity (Wildman–Crippen MR) is 83.9 cm³/mol. The molecule has 2 aliphatic carbocycles. The van der Waals surface area contributed by atoms with Crippen LogP contribution in [0, 0.1) is 11.8 Å². The van der Waals surface area contributed by atoms with E-state index in [9.17, 15) is 8.42 Å². The van der Waals surface area contributed by atoms with Crippen LogP contribution in [-0.4, -0.2) is 49.2 Å². The van der Waals surface area contributed by atoms with E-state index in [0.717, 1.165) is 44.9 Å². The maximum Gasteiger partial charge on any atom is 0.281 e. The smallest absolute Gasteiger partial charge is 0.281 e. The van der Waals surface area contributed by atoms with Crippen LogP contribution in [-0.2, 0) is 10.2 Å². The average Bonchev–Trinajstić information content (AvgIpc) is 2.94. The number of nitrogens with zero attached hydrogens (tertiary/aromatic N) is 2. The van der Waals surface area contributed by atoms with Crippen molar-refractivity contribution in [3.63, 3.8) is 0 Å². The SMILES string of the molecule is CN(C1CCCCC1)S(=O)(=O)N1CC2CCCC(N)C2C1. The summed E-state index contributed by atoms with van der Waals surface area (Å²) in [5, 5.41) is 0. The van der Waals surface area contributed by atoms with E-state index in [1.807, 2.05) is 0 Å². The second kappa shape index (κ2) is 6.14. The molecule has 122 valence electrons. The Bertz CT molecular complexity index is 462. The number of hydrogen-bond acceptors (Lipinski definition) is 3. The highest BCUT2D eigenvalue weighted by atomic mass is 32.2. The molecule has 0 amide bonds. The van der Waals surface area contributed by atoms with E-state index < -0.39 is 10.2 Å². The van der Waals surface area contributed by atoms with E-state index in [0.29, 0.717) is 24.9 Å². The van der Waals surface area contributed by atoms with Crippen molar-refractivity contribution in [2.24, 2.45) is 17.6 Å². The first kappa shape index (κ1) is 15.7. The Hall–Kier alpha value is -0.170. The van der Waals surface area contributed by atoms with Gasteiger partial charge in [-0.1, -0.05) is 25.7 Å². The van der Waals surface area contributed by atoms with Gasteiger partial charge >= 0.3 is 0 Å². The summed E-state index contributed by atoms with van der Waals surface area (Å²) in [7, 11) is -1.54. The van der Waals surface area contributed by atoms with Gasteiger partial charge in [-0.25, -0.2) is 0 Å². The highest BCUT2D eigenvalue weighted by Gasteiger charge is 2.44. The fourth-order valence-electron chi connectivity index (χ4n) is 4.48. The fraction of sp³-hybridized carbons (Fsp3) is 1.00. The fourth-order valence-corrected chi connectivity index (χ4v) is 6.17. The first-order valence-corrected chi connectivity index (χ1v) is 9.88. The summed E-state index contributed by atoms with van der Waals surface area (Å²) in [5.74, 6) is 0.844. The van der Waals surface area contributed by atoms with Crippen LogP contribution < -0.4 is 5.73 Å².